The molecule has 0 aliphatic rings. The minimum Gasteiger partial charge on any atom is -0.383 e. The number of nitrogens with two attached hydrogens (primary N) is 2. The quantitative estimate of drug-likeness (QED) is 0.753. The number of pyridine rings is 1. The highest BCUT2D eigenvalue weighted by Gasteiger charge is 2.15. The van der Waals surface area contributed by atoms with Crippen molar-refractivity contribution in [3.8, 4) is 22.4 Å². The number of halogens is 1. The van der Waals surface area contributed by atoms with E-state index in [1.165, 1.54) is 12.1 Å². The molecule has 21 heavy (non-hydrogen) atoms. The molecule has 1 aromatic carbocycles. The van der Waals surface area contributed by atoms with Gasteiger partial charge in [-0.2, -0.15) is 4.98 Å². The zero-order valence-electron chi connectivity index (χ0n) is 11.0. The molecule has 0 saturated heterocycles. The molecule has 4 N–H and O–H groups in total. The van der Waals surface area contributed by atoms with Crippen molar-refractivity contribution in [3.05, 3.63) is 54.6 Å². The predicted octanol–water partition coefficient (Wildman–Crippen LogP) is 2.51. The van der Waals surface area contributed by atoms with Crippen LogP contribution < -0.4 is 11.5 Å². The number of hydrogen-bond acceptors (Lipinski definition) is 5. The third-order valence-electron chi connectivity index (χ3n) is 3.04. The molecule has 0 saturated carbocycles. The molecule has 2 aromatic heterocycles. The van der Waals surface area contributed by atoms with Gasteiger partial charge in [0.15, 0.2) is 0 Å². The van der Waals surface area contributed by atoms with Crippen molar-refractivity contribution in [1.29, 1.82) is 0 Å². The van der Waals surface area contributed by atoms with E-state index in [0.717, 1.165) is 5.56 Å². The SMILES string of the molecule is Nc1nc(N)c(-c2ccncc2)c(-c2ccc(F)cc2)n1. The Balaban J connectivity index is 2.26. The van der Waals surface area contributed by atoms with Crippen molar-refractivity contribution in [3.63, 3.8) is 0 Å². The monoisotopic (exact) mass is 281 g/mol. The van der Waals surface area contributed by atoms with Crippen molar-refractivity contribution in [2.45, 2.75) is 0 Å². The van der Waals surface area contributed by atoms with E-state index in [1.807, 2.05) is 0 Å². The van der Waals surface area contributed by atoms with E-state index in [4.69, 9.17) is 11.5 Å². The van der Waals surface area contributed by atoms with Gasteiger partial charge in [0.1, 0.15) is 11.6 Å². The molecule has 0 bridgehead atoms. The highest BCUT2D eigenvalue weighted by molar-refractivity contribution is 5.87. The fourth-order valence-electron chi connectivity index (χ4n) is 2.12. The van der Waals surface area contributed by atoms with Gasteiger partial charge in [0.2, 0.25) is 5.95 Å². The lowest BCUT2D eigenvalue weighted by Gasteiger charge is -2.12. The van der Waals surface area contributed by atoms with Crippen molar-refractivity contribution in [1.82, 2.24) is 15.0 Å². The van der Waals surface area contributed by atoms with Crippen LogP contribution in [0.2, 0.25) is 0 Å². The third kappa shape index (κ3) is 2.51. The molecule has 0 aliphatic heterocycles. The zero-order chi connectivity index (χ0) is 14.8. The lowest BCUT2D eigenvalue weighted by atomic mass is 10.0. The minimum atomic E-state index is -0.320. The van der Waals surface area contributed by atoms with E-state index in [9.17, 15) is 4.39 Å². The molecule has 6 heteroatoms. The average Bonchev–Trinajstić information content (AvgIpc) is 2.48. The molecule has 0 atom stereocenters. The summed E-state index contributed by atoms with van der Waals surface area (Å²) in [7, 11) is 0. The van der Waals surface area contributed by atoms with Gasteiger partial charge in [-0.25, -0.2) is 9.37 Å². The Hall–Kier alpha value is -3.02. The number of hydrogen-bond donors (Lipinski definition) is 2. The summed E-state index contributed by atoms with van der Waals surface area (Å²) in [6.45, 7) is 0. The molecule has 0 amide bonds. The maximum absolute atomic E-state index is 13.1. The second kappa shape index (κ2) is 5.16. The number of benzene rings is 1. The highest BCUT2D eigenvalue weighted by Crippen LogP contribution is 2.34. The Kier molecular flexibility index (Phi) is 3.19. The smallest absolute Gasteiger partial charge is 0.222 e. The summed E-state index contributed by atoms with van der Waals surface area (Å²) in [5.41, 5.74) is 14.4. The first-order valence-electron chi connectivity index (χ1n) is 6.24. The molecule has 2 heterocycles. The third-order valence-corrected chi connectivity index (χ3v) is 3.04. The van der Waals surface area contributed by atoms with Crippen molar-refractivity contribution < 1.29 is 4.39 Å². The largest absolute Gasteiger partial charge is 0.383 e. The first-order valence-corrected chi connectivity index (χ1v) is 6.24. The van der Waals surface area contributed by atoms with Crippen LogP contribution in [0.1, 0.15) is 0 Å². The lowest BCUT2D eigenvalue weighted by Crippen LogP contribution is -2.04. The van der Waals surface area contributed by atoms with Crippen LogP contribution in [0, 0.1) is 5.82 Å². The van der Waals surface area contributed by atoms with Gasteiger partial charge in [0.05, 0.1) is 11.3 Å². The van der Waals surface area contributed by atoms with Gasteiger partial charge in [-0.3, -0.25) is 4.98 Å². The molecule has 104 valence electrons. The molecule has 0 spiro atoms. The summed E-state index contributed by atoms with van der Waals surface area (Å²) in [6, 6.07) is 9.58. The van der Waals surface area contributed by atoms with Gasteiger partial charge in [0.25, 0.3) is 0 Å². The van der Waals surface area contributed by atoms with Gasteiger partial charge in [-0.05, 0) is 42.0 Å². The fourth-order valence-corrected chi connectivity index (χ4v) is 2.12. The van der Waals surface area contributed by atoms with Crippen LogP contribution in [-0.2, 0) is 0 Å². The topological polar surface area (TPSA) is 90.7 Å². The summed E-state index contributed by atoms with van der Waals surface area (Å²) in [4.78, 5) is 12.2. The van der Waals surface area contributed by atoms with E-state index in [-0.39, 0.29) is 17.6 Å². The second-order valence-corrected chi connectivity index (χ2v) is 4.43. The molecular formula is C15H12FN5. The van der Waals surface area contributed by atoms with Gasteiger partial charge in [0, 0.05) is 18.0 Å². The van der Waals surface area contributed by atoms with Gasteiger partial charge in [-0.1, -0.05) is 0 Å². The van der Waals surface area contributed by atoms with Crippen LogP contribution in [0.15, 0.2) is 48.8 Å². The maximum Gasteiger partial charge on any atom is 0.222 e. The molecule has 3 aromatic rings. The molecule has 0 radical (unpaired) electrons. The molecular weight excluding hydrogens is 269 g/mol. The van der Waals surface area contributed by atoms with E-state index in [0.29, 0.717) is 16.8 Å². The van der Waals surface area contributed by atoms with E-state index < -0.39 is 0 Å². The van der Waals surface area contributed by atoms with Crippen molar-refractivity contribution in [2.75, 3.05) is 11.5 Å². The number of anilines is 2. The molecule has 3 rings (SSSR count). The zero-order valence-corrected chi connectivity index (χ0v) is 11.0. The summed E-state index contributed by atoms with van der Waals surface area (Å²) in [5.74, 6) is 0.0249. The molecule has 0 aliphatic carbocycles. The maximum atomic E-state index is 13.1. The van der Waals surface area contributed by atoms with Gasteiger partial charge < -0.3 is 11.5 Å². The van der Waals surface area contributed by atoms with Crippen molar-refractivity contribution >= 4 is 11.8 Å². The van der Waals surface area contributed by atoms with Gasteiger partial charge >= 0.3 is 0 Å². The number of aromatic nitrogens is 3. The summed E-state index contributed by atoms with van der Waals surface area (Å²) >= 11 is 0. The normalized spacial score (nSPS) is 10.5. The summed E-state index contributed by atoms with van der Waals surface area (Å²) in [6.07, 6.45) is 3.30. The predicted molar refractivity (Wildman–Crippen MR) is 79.5 cm³/mol. The van der Waals surface area contributed by atoms with E-state index in [1.54, 1.807) is 36.7 Å². The van der Waals surface area contributed by atoms with Crippen LogP contribution in [0.3, 0.4) is 0 Å². The van der Waals surface area contributed by atoms with E-state index >= 15 is 0 Å². The Bertz CT molecular complexity index is 772. The number of nitrogens with zero attached hydrogens (tertiary/aromatic N) is 3. The molecule has 0 fully saturated rings. The van der Waals surface area contributed by atoms with Crippen LogP contribution in [0.4, 0.5) is 16.2 Å². The fraction of sp³-hybridized carbons (Fsp3) is 0. The standard InChI is InChI=1S/C15H12FN5/c16-11-3-1-10(2-4-11)13-12(9-5-7-19-8-6-9)14(17)21-15(18)20-13/h1-8H,(H4,17,18,20,21). The van der Waals surface area contributed by atoms with Crippen LogP contribution in [0.25, 0.3) is 22.4 Å². The highest BCUT2D eigenvalue weighted by atomic mass is 19.1. The number of rotatable bonds is 2. The number of nitrogen functional groups attached to an aromatic ring is 2. The molecule has 5 nitrogen and oxygen atoms in total. The van der Waals surface area contributed by atoms with Crippen LogP contribution >= 0.6 is 0 Å². The summed E-state index contributed by atoms with van der Waals surface area (Å²) in [5, 5.41) is 0. The molecule has 0 unspecified atom stereocenters. The van der Waals surface area contributed by atoms with Gasteiger partial charge in [-0.15, -0.1) is 0 Å². The van der Waals surface area contributed by atoms with E-state index in [2.05, 4.69) is 15.0 Å². The lowest BCUT2D eigenvalue weighted by molar-refractivity contribution is 0.628. The average molecular weight is 281 g/mol. The summed E-state index contributed by atoms with van der Waals surface area (Å²) < 4.78 is 13.1. The van der Waals surface area contributed by atoms with Crippen molar-refractivity contribution in [2.24, 2.45) is 0 Å². The Morgan fingerprint density at radius 2 is 1.48 bits per heavy atom. The first kappa shape index (κ1) is 13.0. The second-order valence-electron chi connectivity index (χ2n) is 4.43. The van der Waals surface area contributed by atoms with Crippen LogP contribution in [0.5, 0.6) is 0 Å². The Labute approximate surface area is 120 Å². The first-order chi connectivity index (χ1) is 10.1. The Morgan fingerprint density at radius 1 is 0.810 bits per heavy atom. The van der Waals surface area contributed by atoms with Crippen LogP contribution in [-0.4, -0.2) is 15.0 Å². The minimum absolute atomic E-state index is 0.0737. The Morgan fingerprint density at radius 3 is 2.14 bits per heavy atom.